The fraction of sp³-hybridized carbons (Fsp3) is 0.136. The van der Waals surface area contributed by atoms with Crippen LogP contribution >= 0.6 is 11.6 Å². The number of halogens is 1. The number of carbonyl (C=O) groups excluding carboxylic acids is 2. The van der Waals surface area contributed by atoms with Crippen molar-refractivity contribution in [3.63, 3.8) is 0 Å². The number of aromatic nitrogens is 1. The molecule has 0 bridgehead atoms. The third-order valence-corrected chi connectivity index (χ3v) is 4.46. The first-order valence-corrected chi connectivity index (χ1v) is 9.18. The summed E-state index contributed by atoms with van der Waals surface area (Å²) in [6.45, 7) is 4.26. The van der Waals surface area contributed by atoms with Crippen molar-refractivity contribution in [3.05, 3.63) is 93.8 Å². The van der Waals surface area contributed by atoms with Crippen molar-refractivity contribution >= 4 is 29.1 Å². The third kappa shape index (κ3) is 4.96. The number of rotatable bonds is 5. The fourth-order valence-electron chi connectivity index (χ4n) is 2.70. The van der Waals surface area contributed by atoms with Crippen molar-refractivity contribution in [2.75, 3.05) is 5.32 Å². The monoisotopic (exact) mass is 393 g/mol. The molecule has 1 heterocycles. The molecule has 1 aromatic heterocycles. The average molecular weight is 394 g/mol. The van der Waals surface area contributed by atoms with Gasteiger partial charge in [0, 0.05) is 17.3 Å². The maximum atomic E-state index is 12.5. The first kappa shape index (κ1) is 19.6. The van der Waals surface area contributed by atoms with Crippen molar-refractivity contribution in [2.45, 2.75) is 20.4 Å². The van der Waals surface area contributed by atoms with E-state index in [1.54, 1.807) is 30.3 Å². The Labute approximate surface area is 168 Å². The van der Waals surface area contributed by atoms with Gasteiger partial charge in [0.15, 0.2) is 0 Å². The van der Waals surface area contributed by atoms with E-state index in [2.05, 4.69) is 15.6 Å². The average Bonchev–Trinajstić information content (AvgIpc) is 2.69. The molecule has 2 aromatic carbocycles. The molecular formula is C22H20ClN3O2. The van der Waals surface area contributed by atoms with Crippen LogP contribution in [0.15, 0.2) is 60.7 Å². The van der Waals surface area contributed by atoms with Crippen LogP contribution in [-0.4, -0.2) is 16.8 Å². The molecule has 0 saturated carbocycles. The van der Waals surface area contributed by atoms with Crippen LogP contribution in [0.3, 0.4) is 0 Å². The van der Waals surface area contributed by atoms with Crippen LogP contribution in [0.25, 0.3) is 0 Å². The molecule has 0 spiro atoms. The summed E-state index contributed by atoms with van der Waals surface area (Å²) in [4.78, 5) is 29.1. The Balaban J connectivity index is 1.67. The Bertz CT molecular complexity index is 1020. The van der Waals surface area contributed by atoms with E-state index in [9.17, 15) is 9.59 Å². The molecule has 0 saturated heterocycles. The second-order valence-electron chi connectivity index (χ2n) is 6.49. The van der Waals surface area contributed by atoms with E-state index in [1.807, 2.05) is 44.2 Å². The first-order chi connectivity index (χ1) is 13.4. The van der Waals surface area contributed by atoms with Gasteiger partial charge in [-0.3, -0.25) is 9.59 Å². The molecule has 5 nitrogen and oxygen atoms in total. The maximum Gasteiger partial charge on any atom is 0.274 e. The van der Waals surface area contributed by atoms with E-state index in [-0.39, 0.29) is 23.2 Å². The van der Waals surface area contributed by atoms with Crippen molar-refractivity contribution in [3.8, 4) is 0 Å². The van der Waals surface area contributed by atoms with Crippen LogP contribution in [0.2, 0.25) is 5.02 Å². The summed E-state index contributed by atoms with van der Waals surface area (Å²) < 4.78 is 0. The normalized spacial score (nSPS) is 10.4. The molecule has 0 aliphatic carbocycles. The lowest BCUT2D eigenvalue weighted by Crippen LogP contribution is -2.25. The molecule has 6 heteroatoms. The summed E-state index contributed by atoms with van der Waals surface area (Å²) in [5, 5.41) is 6.27. The maximum absolute atomic E-state index is 12.5. The minimum Gasteiger partial charge on any atom is -0.347 e. The smallest absolute Gasteiger partial charge is 0.274 e. The molecular weight excluding hydrogens is 374 g/mol. The van der Waals surface area contributed by atoms with Gasteiger partial charge in [-0.15, -0.1) is 0 Å². The third-order valence-electron chi connectivity index (χ3n) is 4.21. The number of carbonyl (C=O) groups is 2. The summed E-state index contributed by atoms with van der Waals surface area (Å²) in [6, 6.07) is 17.8. The summed E-state index contributed by atoms with van der Waals surface area (Å²) >= 11 is 5.86. The molecule has 28 heavy (non-hydrogen) atoms. The summed E-state index contributed by atoms with van der Waals surface area (Å²) in [5.41, 5.74) is 4.08. The van der Waals surface area contributed by atoms with E-state index in [4.69, 9.17) is 11.6 Å². The Hall–Kier alpha value is -3.18. The zero-order chi connectivity index (χ0) is 20.1. The number of amides is 2. The number of pyridine rings is 1. The quantitative estimate of drug-likeness (QED) is 0.668. The predicted octanol–water partition coefficient (Wildman–Crippen LogP) is 4.53. The van der Waals surface area contributed by atoms with Gasteiger partial charge in [-0.25, -0.2) is 4.98 Å². The largest absolute Gasteiger partial charge is 0.347 e. The molecule has 2 N–H and O–H groups in total. The Morgan fingerprint density at radius 2 is 1.61 bits per heavy atom. The zero-order valence-corrected chi connectivity index (χ0v) is 16.4. The highest BCUT2D eigenvalue weighted by Gasteiger charge is 2.13. The van der Waals surface area contributed by atoms with Gasteiger partial charge in [0.05, 0.1) is 0 Å². The van der Waals surface area contributed by atoms with E-state index < -0.39 is 0 Å². The number of aryl methyl sites for hydroxylation is 2. The predicted molar refractivity (Wildman–Crippen MR) is 111 cm³/mol. The van der Waals surface area contributed by atoms with E-state index in [1.165, 1.54) is 0 Å². The van der Waals surface area contributed by atoms with Crippen LogP contribution in [-0.2, 0) is 6.54 Å². The lowest BCUT2D eigenvalue weighted by atomic mass is 10.1. The molecule has 0 unspecified atom stereocenters. The lowest BCUT2D eigenvalue weighted by Gasteiger charge is -2.10. The molecule has 0 aliphatic rings. The summed E-state index contributed by atoms with van der Waals surface area (Å²) in [7, 11) is 0. The highest BCUT2D eigenvalue weighted by atomic mass is 35.5. The SMILES string of the molecule is Cc1ccc(NC(=O)c2cccc(C(=O)NCc3ccc(Cl)cc3)n2)c(C)c1. The molecule has 142 valence electrons. The van der Waals surface area contributed by atoms with E-state index in [0.717, 1.165) is 22.4 Å². The number of anilines is 1. The Morgan fingerprint density at radius 3 is 2.29 bits per heavy atom. The van der Waals surface area contributed by atoms with Gasteiger partial charge >= 0.3 is 0 Å². The number of nitrogens with one attached hydrogen (secondary N) is 2. The molecule has 3 rings (SSSR count). The van der Waals surface area contributed by atoms with Crippen molar-refractivity contribution in [1.29, 1.82) is 0 Å². The topological polar surface area (TPSA) is 71.1 Å². The van der Waals surface area contributed by atoms with Gasteiger partial charge < -0.3 is 10.6 Å². The second kappa shape index (κ2) is 8.67. The Kier molecular flexibility index (Phi) is 6.06. The highest BCUT2D eigenvalue weighted by molar-refractivity contribution is 6.30. The van der Waals surface area contributed by atoms with Crippen molar-refractivity contribution in [1.82, 2.24) is 10.3 Å². The van der Waals surface area contributed by atoms with Gasteiger partial charge in [-0.2, -0.15) is 0 Å². The van der Waals surface area contributed by atoms with Gasteiger partial charge in [-0.05, 0) is 55.3 Å². The van der Waals surface area contributed by atoms with Crippen molar-refractivity contribution < 1.29 is 9.59 Å². The van der Waals surface area contributed by atoms with Crippen LogP contribution < -0.4 is 10.6 Å². The Morgan fingerprint density at radius 1 is 0.929 bits per heavy atom. The van der Waals surface area contributed by atoms with Crippen molar-refractivity contribution in [2.24, 2.45) is 0 Å². The molecule has 0 aliphatic heterocycles. The highest BCUT2D eigenvalue weighted by Crippen LogP contribution is 2.17. The van der Waals surface area contributed by atoms with E-state index >= 15 is 0 Å². The lowest BCUT2D eigenvalue weighted by molar-refractivity contribution is 0.0945. The van der Waals surface area contributed by atoms with Crippen LogP contribution in [0.5, 0.6) is 0 Å². The molecule has 0 fully saturated rings. The minimum atomic E-state index is -0.362. The molecule has 3 aromatic rings. The number of benzene rings is 2. The van der Waals surface area contributed by atoms with Gasteiger partial charge in [0.1, 0.15) is 11.4 Å². The number of nitrogens with zero attached hydrogens (tertiary/aromatic N) is 1. The van der Waals surface area contributed by atoms with Crippen LogP contribution in [0.4, 0.5) is 5.69 Å². The van der Waals surface area contributed by atoms with Gasteiger partial charge in [0.2, 0.25) is 0 Å². The van der Waals surface area contributed by atoms with Gasteiger partial charge in [0.25, 0.3) is 11.8 Å². The fourth-order valence-corrected chi connectivity index (χ4v) is 2.83. The molecule has 0 atom stereocenters. The minimum absolute atomic E-state index is 0.180. The number of hydrogen-bond acceptors (Lipinski definition) is 3. The summed E-state index contributed by atoms with van der Waals surface area (Å²) in [5.74, 6) is -0.713. The van der Waals surface area contributed by atoms with Crippen LogP contribution in [0.1, 0.15) is 37.7 Å². The zero-order valence-electron chi connectivity index (χ0n) is 15.6. The summed E-state index contributed by atoms with van der Waals surface area (Å²) in [6.07, 6.45) is 0. The molecule has 0 radical (unpaired) electrons. The standard InChI is InChI=1S/C22H20ClN3O2/c1-14-6-11-18(15(2)12-14)26-22(28)20-5-3-4-19(25-20)21(27)24-13-16-7-9-17(23)10-8-16/h3-12H,13H2,1-2H3,(H,24,27)(H,26,28). The number of hydrogen-bond donors (Lipinski definition) is 2. The first-order valence-electron chi connectivity index (χ1n) is 8.80. The van der Waals surface area contributed by atoms with Crippen LogP contribution in [0, 0.1) is 13.8 Å². The van der Waals surface area contributed by atoms with Gasteiger partial charge in [-0.1, -0.05) is 47.5 Å². The molecule has 2 amide bonds. The van der Waals surface area contributed by atoms with E-state index in [0.29, 0.717) is 11.6 Å². The second-order valence-corrected chi connectivity index (χ2v) is 6.93.